The maximum Gasteiger partial charge on any atom is 0.329 e. The van der Waals surface area contributed by atoms with Gasteiger partial charge in [0.25, 0.3) is 0 Å². The first-order valence-electron chi connectivity index (χ1n) is 32.7. The van der Waals surface area contributed by atoms with Gasteiger partial charge in [0, 0.05) is 30.8 Å². The minimum atomic E-state index is -1.01. The summed E-state index contributed by atoms with van der Waals surface area (Å²) >= 11 is 0. The number of carbonyl (C=O) groups is 7. The lowest BCUT2D eigenvalue weighted by molar-refractivity contribution is -0.153. The van der Waals surface area contributed by atoms with Gasteiger partial charge in [-0.2, -0.15) is 0 Å². The third-order valence-electron chi connectivity index (χ3n) is 14.3. The van der Waals surface area contributed by atoms with Crippen molar-refractivity contribution >= 4 is 63.3 Å². The summed E-state index contributed by atoms with van der Waals surface area (Å²) in [5.74, 6) is -1.98. The normalized spacial score (nSPS) is 12.1. The fourth-order valence-electron chi connectivity index (χ4n) is 9.12. The Labute approximate surface area is 530 Å². The SMILES string of the molecule is CCCCCCCC/C=C\CCCCCCCC(=O)Oc1ccc(CC(=O)OCCOC(=O)C(CSSCC(NC(=O)CCCN(C)C)C(=O)OCCOC(=O)Cc2ccc(OC(=O)CCCCCCC/C=C\CCCCCCCC)cc2)NC)cc1. The molecule has 0 saturated heterocycles. The molecule has 0 aliphatic heterocycles. The smallest absolute Gasteiger partial charge is 0.329 e. The zero-order valence-corrected chi connectivity index (χ0v) is 55.4. The van der Waals surface area contributed by atoms with Crippen molar-refractivity contribution in [1.29, 1.82) is 0 Å². The van der Waals surface area contributed by atoms with Crippen molar-refractivity contribution in [2.45, 2.75) is 231 Å². The number of esters is 6. The molecule has 2 aromatic carbocycles. The zero-order chi connectivity index (χ0) is 63.2. The third kappa shape index (κ3) is 44.8. The first-order chi connectivity index (χ1) is 42.3. The molecular weight excluding hydrogens is 1140 g/mol. The molecule has 16 nitrogen and oxygen atoms in total. The average molecular weight is 1250 g/mol. The van der Waals surface area contributed by atoms with Crippen molar-refractivity contribution in [2.24, 2.45) is 0 Å². The Morgan fingerprint density at radius 1 is 0.437 bits per heavy atom. The molecule has 0 saturated carbocycles. The molecule has 1 amide bonds. The van der Waals surface area contributed by atoms with Crippen LogP contribution in [0.3, 0.4) is 0 Å². The number of amides is 1. The number of rotatable bonds is 55. The van der Waals surface area contributed by atoms with Gasteiger partial charge in [0.1, 0.15) is 50.0 Å². The fraction of sp³-hybridized carbons (Fsp3) is 0.667. The predicted molar refractivity (Wildman–Crippen MR) is 352 cm³/mol. The Balaban J connectivity index is 1.63. The minimum absolute atomic E-state index is 0.0141. The molecule has 2 rings (SSSR count). The van der Waals surface area contributed by atoms with Crippen LogP contribution in [0.4, 0.5) is 0 Å². The monoisotopic (exact) mass is 1250 g/mol. The first kappa shape index (κ1) is 77.9. The quantitative estimate of drug-likeness (QED) is 0.0158. The molecule has 0 aromatic heterocycles. The van der Waals surface area contributed by atoms with E-state index in [2.05, 4.69) is 48.8 Å². The second kappa shape index (κ2) is 53.8. The van der Waals surface area contributed by atoms with Gasteiger partial charge < -0.3 is 44.0 Å². The molecule has 0 aliphatic carbocycles. The highest BCUT2D eigenvalue weighted by molar-refractivity contribution is 8.76. The molecular formula is C69H109N3O13S2. The summed E-state index contributed by atoms with van der Waals surface area (Å²) in [5.41, 5.74) is 1.33. The van der Waals surface area contributed by atoms with Crippen LogP contribution in [0.15, 0.2) is 72.8 Å². The second-order valence-electron chi connectivity index (χ2n) is 22.5. The second-order valence-corrected chi connectivity index (χ2v) is 25.0. The minimum Gasteiger partial charge on any atom is -0.462 e. The van der Waals surface area contributed by atoms with Gasteiger partial charge in [-0.25, -0.2) is 4.79 Å². The van der Waals surface area contributed by atoms with Crippen LogP contribution >= 0.6 is 21.6 Å². The topological polar surface area (TPSA) is 202 Å². The average Bonchev–Trinajstić information content (AvgIpc) is 3.64. The predicted octanol–water partition coefficient (Wildman–Crippen LogP) is 14.3. The zero-order valence-electron chi connectivity index (χ0n) is 53.7. The molecule has 2 unspecified atom stereocenters. The molecule has 2 atom stereocenters. The van der Waals surface area contributed by atoms with E-state index in [1.807, 2.05) is 19.0 Å². The van der Waals surface area contributed by atoms with E-state index in [1.54, 1.807) is 55.6 Å². The van der Waals surface area contributed by atoms with Crippen LogP contribution < -0.4 is 20.1 Å². The van der Waals surface area contributed by atoms with Crippen LogP contribution in [0.1, 0.15) is 218 Å². The molecule has 0 radical (unpaired) electrons. The van der Waals surface area contributed by atoms with Crippen molar-refractivity contribution in [3.05, 3.63) is 84.0 Å². The van der Waals surface area contributed by atoms with Gasteiger partial charge in [0.15, 0.2) is 0 Å². The molecule has 18 heteroatoms. The van der Waals surface area contributed by atoms with E-state index in [-0.39, 0.29) is 75.0 Å². The standard InChI is InChI=1S/C69H109N3O13S2/c1-6-8-10-12-14-16-18-20-22-24-26-28-30-32-34-38-64(74)84-59-44-40-57(41-45-59)53-66(76)80-49-51-82-68(78)61(70-3)55-86-87-56-62(71-63(73)37-36-48-72(4)5)69(79)83-52-50-81-67(77)54-58-42-46-60(47-43-58)85-65(75)39-35-33-31-29-27-25-23-21-19-17-15-13-11-9-7-2/h20-23,40-47,61-62,70H,6-19,24-39,48-56H2,1-5H3,(H,71,73)/b22-20-,23-21-. The van der Waals surface area contributed by atoms with Crippen molar-refractivity contribution in [1.82, 2.24) is 15.5 Å². The Morgan fingerprint density at radius 3 is 1.18 bits per heavy atom. The Hall–Kier alpha value is -5.17. The molecule has 2 aromatic rings. The van der Waals surface area contributed by atoms with E-state index >= 15 is 0 Å². The summed E-state index contributed by atoms with van der Waals surface area (Å²) in [6.07, 6.45) is 41.6. The molecule has 87 heavy (non-hydrogen) atoms. The Kier molecular flexibility index (Phi) is 48.2. The number of carbonyl (C=O) groups excluding carboxylic acids is 7. The van der Waals surface area contributed by atoms with Crippen LogP contribution in [-0.2, 0) is 65.4 Å². The number of ether oxygens (including phenoxy) is 6. The van der Waals surface area contributed by atoms with Crippen LogP contribution in [0.2, 0.25) is 0 Å². The summed E-state index contributed by atoms with van der Waals surface area (Å²) in [7, 11) is 7.98. The molecule has 0 fully saturated rings. The van der Waals surface area contributed by atoms with Gasteiger partial charge in [0.05, 0.1) is 12.8 Å². The van der Waals surface area contributed by atoms with Gasteiger partial charge >= 0.3 is 35.8 Å². The van der Waals surface area contributed by atoms with E-state index in [4.69, 9.17) is 28.4 Å². The number of nitrogens with zero attached hydrogens (tertiary/aromatic N) is 1. The van der Waals surface area contributed by atoms with Gasteiger partial charge in [-0.3, -0.25) is 28.8 Å². The largest absolute Gasteiger partial charge is 0.462 e. The number of likely N-dealkylation sites (N-methyl/N-ethyl adjacent to an activating group) is 1. The number of hydrogen-bond acceptors (Lipinski definition) is 17. The lowest BCUT2D eigenvalue weighted by atomic mass is 10.1. The summed E-state index contributed by atoms with van der Waals surface area (Å²) in [6.45, 7) is 4.46. The third-order valence-corrected chi connectivity index (χ3v) is 16.7. The highest BCUT2D eigenvalue weighted by atomic mass is 33.1. The maximum absolute atomic E-state index is 13.2. The van der Waals surface area contributed by atoms with Gasteiger partial charge in [-0.15, -0.1) is 0 Å². The number of nitrogens with one attached hydrogen (secondary N) is 2. The molecule has 0 aliphatic rings. The molecule has 0 heterocycles. The van der Waals surface area contributed by atoms with Gasteiger partial charge in [-0.05, 0) is 134 Å². The fourth-order valence-corrected chi connectivity index (χ4v) is 11.5. The first-order valence-corrected chi connectivity index (χ1v) is 35.2. The molecule has 2 N–H and O–H groups in total. The lowest BCUT2D eigenvalue weighted by Crippen LogP contribution is -2.44. The van der Waals surface area contributed by atoms with Crippen molar-refractivity contribution in [2.75, 3.05) is 65.6 Å². The van der Waals surface area contributed by atoms with Crippen molar-refractivity contribution in [3.63, 3.8) is 0 Å². The van der Waals surface area contributed by atoms with Crippen LogP contribution in [0.5, 0.6) is 11.5 Å². The number of unbranched alkanes of at least 4 members (excludes halogenated alkanes) is 22. The van der Waals surface area contributed by atoms with Gasteiger partial charge in [0.2, 0.25) is 5.91 Å². The summed E-state index contributed by atoms with van der Waals surface area (Å²) in [5, 5.41) is 5.68. The Bertz CT molecular complexity index is 2210. The number of benzene rings is 2. The Morgan fingerprint density at radius 2 is 0.793 bits per heavy atom. The van der Waals surface area contributed by atoms with E-state index < -0.39 is 36.0 Å². The lowest BCUT2D eigenvalue weighted by Gasteiger charge is -2.19. The summed E-state index contributed by atoms with van der Waals surface area (Å²) < 4.78 is 32.4. The maximum atomic E-state index is 13.2. The highest BCUT2D eigenvalue weighted by Gasteiger charge is 2.25. The molecule has 490 valence electrons. The highest BCUT2D eigenvalue weighted by Crippen LogP contribution is 2.24. The van der Waals surface area contributed by atoms with Crippen LogP contribution in [0, 0.1) is 0 Å². The van der Waals surface area contributed by atoms with Crippen molar-refractivity contribution < 1.29 is 62.0 Å². The number of hydrogen-bond donors (Lipinski definition) is 2. The van der Waals surface area contributed by atoms with E-state index in [9.17, 15) is 33.6 Å². The van der Waals surface area contributed by atoms with Crippen molar-refractivity contribution in [3.8, 4) is 11.5 Å². The molecule has 0 bridgehead atoms. The van der Waals surface area contributed by atoms with Gasteiger partial charge in [-0.1, -0.05) is 187 Å². The van der Waals surface area contributed by atoms with E-state index in [0.29, 0.717) is 48.4 Å². The van der Waals surface area contributed by atoms with E-state index in [1.165, 1.54) is 124 Å². The summed E-state index contributed by atoms with van der Waals surface area (Å²) in [4.78, 5) is 91.0. The molecule has 0 spiro atoms. The summed E-state index contributed by atoms with van der Waals surface area (Å²) in [6, 6.07) is 11.7. The van der Waals surface area contributed by atoms with Crippen LogP contribution in [0.25, 0.3) is 0 Å². The number of allylic oxidation sites excluding steroid dienone is 4. The van der Waals surface area contributed by atoms with Crippen LogP contribution in [-0.4, -0.2) is 124 Å². The van der Waals surface area contributed by atoms with E-state index in [0.717, 1.165) is 64.2 Å².